The number of hydrogen-bond donors (Lipinski definition) is 1. The number of carboxylic acid groups (broad SMARTS) is 1. The Hall–Kier alpha value is -3.68. The molecular formula is C18H14N2O6. The summed E-state index contributed by atoms with van der Waals surface area (Å²) in [6.45, 7) is 1.07. The van der Waals surface area contributed by atoms with Crippen molar-refractivity contribution < 1.29 is 24.4 Å². The number of aromatic nitrogens is 1. The van der Waals surface area contributed by atoms with Crippen LogP contribution in [0.15, 0.2) is 48.5 Å². The quantitative estimate of drug-likeness (QED) is 0.556. The van der Waals surface area contributed by atoms with Crippen molar-refractivity contribution >= 4 is 28.5 Å². The number of para-hydroxylation sites is 3. The molecule has 0 spiro atoms. The first-order chi connectivity index (χ1) is 12.4. The van der Waals surface area contributed by atoms with Gasteiger partial charge in [0.05, 0.1) is 16.0 Å². The first kappa shape index (κ1) is 17.2. The van der Waals surface area contributed by atoms with Crippen LogP contribution in [0.3, 0.4) is 0 Å². The molecule has 3 aromatic rings. The largest absolute Gasteiger partial charge is 0.478 e. The average molecular weight is 354 g/mol. The Morgan fingerprint density at radius 3 is 2.50 bits per heavy atom. The molecule has 0 aliphatic heterocycles. The average Bonchev–Trinajstić information content (AvgIpc) is 2.91. The number of fused-ring (bicyclic) bond motifs is 1. The smallest absolute Gasteiger partial charge is 0.338 e. The van der Waals surface area contributed by atoms with Gasteiger partial charge in [0.2, 0.25) is 0 Å². The van der Waals surface area contributed by atoms with E-state index in [1.54, 1.807) is 30.3 Å². The van der Waals surface area contributed by atoms with Crippen LogP contribution in [0.1, 0.15) is 20.8 Å². The predicted molar refractivity (Wildman–Crippen MR) is 92.9 cm³/mol. The normalized spacial score (nSPS) is 10.7. The van der Waals surface area contributed by atoms with Gasteiger partial charge >= 0.3 is 11.7 Å². The molecule has 26 heavy (non-hydrogen) atoms. The Balaban J connectivity index is 1.96. The molecule has 0 bridgehead atoms. The van der Waals surface area contributed by atoms with E-state index in [0.29, 0.717) is 10.9 Å². The van der Waals surface area contributed by atoms with Crippen molar-refractivity contribution in [3.8, 4) is 5.75 Å². The van der Waals surface area contributed by atoms with E-state index in [2.05, 4.69) is 0 Å². The second kappa shape index (κ2) is 6.67. The zero-order chi connectivity index (χ0) is 18.8. The highest BCUT2D eigenvalue weighted by atomic mass is 16.6. The van der Waals surface area contributed by atoms with Crippen molar-refractivity contribution in [3.63, 3.8) is 0 Å². The van der Waals surface area contributed by atoms with Crippen LogP contribution >= 0.6 is 0 Å². The van der Waals surface area contributed by atoms with Gasteiger partial charge in [-0.2, -0.15) is 0 Å². The fourth-order valence-electron chi connectivity index (χ4n) is 2.89. The maximum atomic E-state index is 12.6. The van der Waals surface area contributed by atoms with Crippen LogP contribution < -0.4 is 4.74 Å². The van der Waals surface area contributed by atoms with Gasteiger partial charge in [0, 0.05) is 17.1 Å². The van der Waals surface area contributed by atoms with E-state index in [-0.39, 0.29) is 22.7 Å². The summed E-state index contributed by atoms with van der Waals surface area (Å²) in [5, 5.41) is 20.9. The third kappa shape index (κ3) is 2.88. The second-order valence-electron chi connectivity index (χ2n) is 5.53. The molecule has 0 aliphatic carbocycles. The zero-order valence-corrected chi connectivity index (χ0v) is 13.7. The third-order valence-corrected chi connectivity index (χ3v) is 3.99. The Bertz CT molecular complexity index is 1040. The summed E-state index contributed by atoms with van der Waals surface area (Å²) in [5.74, 6) is -1.69. The Morgan fingerprint density at radius 2 is 1.81 bits per heavy atom. The summed E-state index contributed by atoms with van der Waals surface area (Å²) in [6.07, 6.45) is 0. The molecule has 2 aromatic carbocycles. The van der Waals surface area contributed by atoms with E-state index in [1.807, 2.05) is 0 Å². The van der Waals surface area contributed by atoms with Crippen LogP contribution in [0.2, 0.25) is 0 Å². The highest BCUT2D eigenvalue weighted by Crippen LogP contribution is 2.28. The number of aromatic carboxylic acids is 1. The van der Waals surface area contributed by atoms with Crippen LogP contribution in [-0.2, 0) is 0 Å². The lowest BCUT2D eigenvalue weighted by atomic mass is 10.1. The maximum Gasteiger partial charge on any atom is 0.338 e. The SMILES string of the molecule is Cc1c(C(=O)O)c2ccccc2n1C(=O)COc1ccccc1[N+](=O)[O-]. The third-order valence-electron chi connectivity index (χ3n) is 3.99. The molecule has 8 heteroatoms. The van der Waals surface area contributed by atoms with Crippen molar-refractivity contribution in [1.82, 2.24) is 4.57 Å². The topological polar surface area (TPSA) is 112 Å². The van der Waals surface area contributed by atoms with E-state index in [0.717, 1.165) is 0 Å². The molecule has 0 amide bonds. The molecule has 3 rings (SSSR count). The highest BCUT2D eigenvalue weighted by Gasteiger charge is 2.23. The zero-order valence-electron chi connectivity index (χ0n) is 13.7. The predicted octanol–water partition coefficient (Wildman–Crippen LogP) is 3.28. The monoisotopic (exact) mass is 354 g/mol. The number of ether oxygens (including phenoxy) is 1. The van der Waals surface area contributed by atoms with Crippen molar-refractivity contribution in [1.29, 1.82) is 0 Å². The van der Waals surface area contributed by atoms with E-state index in [4.69, 9.17) is 4.74 Å². The van der Waals surface area contributed by atoms with Crippen molar-refractivity contribution in [2.24, 2.45) is 0 Å². The number of hydrogen-bond acceptors (Lipinski definition) is 5. The fraction of sp³-hybridized carbons (Fsp3) is 0.111. The summed E-state index contributed by atoms with van der Waals surface area (Å²) >= 11 is 0. The van der Waals surface area contributed by atoms with Crippen LogP contribution in [0.4, 0.5) is 5.69 Å². The van der Waals surface area contributed by atoms with Gasteiger partial charge in [0.1, 0.15) is 0 Å². The van der Waals surface area contributed by atoms with Crippen LogP contribution in [0.25, 0.3) is 10.9 Å². The highest BCUT2D eigenvalue weighted by molar-refractivity contribution is 6.08. The number of carboxylic acids is 1. The molecule has 1 N–H and O–H groups in total. The molecule has 8 nitrogen and oxygen atoms in total. The summed E-state index contributed by atoms with van der Waals surface area (Å²) in [5.41, 5.74) is 0.508. The van der Waals surface area contributed by atoms with Gasteiger partial charge in [-0.25, -0.2) is 4.79 Å². The minimum atomic E-state index is -1.13. The molecule has 0 aliphatic rings. The van der Waals surface area contributed by atoms with Crippen LogP contribution in [-0.4, -0.2) is 33.1 Å². The van der Waals surface area contributed by atoms with Crippen molar-refractivity contribution in [2.45, 2.75) is 6.92 Å². The van der Waals surface area contributed by atoms with E-state index < -0.39 is 23.4 Å². The van der Waals surface area contributed by atoms with Gasteiger partial charge in [0.15, 0.2) is 12.4 Å². The first-order valence-corrected chi connectivity index (χ1v) is 7.64. The Kier molecular flexibility index (Phi) is 4.40. The number of nitrogens with zero attached hydrogens (tertiary/aromatic N) is 2. The molecule has 0 radical (unpaired) electrons. The number of rotatable bonds is 5. The molecular weight excluding hydrogens is 340 g/mol. The summed E-state index contributed by atoms with van der Waals surface area (Å²) in [4.78, 5) is 34.6. The number of carbonyl (C=O) groups is 2. The summed E-state index contributed by atoms with van der Waals surface area (Å²) in [7, 11) is 0. The van der Waals surface area contributed by atoms with Crippen LogP contribution in [0.5, 0.6) is 5.75 Å². The molecule has 1 heterocycles. The lowest BCUT2D eigenvalue weighted by Crippen LogP contribution is -2.21. The van der Waals surface area contributed by atoms with E-state index >= 15 is 0 Å². The number of benzene rings is 2. The fourth-order valence-corrected chi connectivity index (χ4v) is 2.89. The van der Waals surface area contributed by atoms with E-state index in [1.165, 1.54) is 29.7 Å². The lowest BCUT2D eigenvalue weighted by molar-refractivity contribution is -0.385. The minimum Gasteiger partial charge on any atom is -0.478 e. The molecule has 0 atom stereocenters. The number of carbonyl (C=O) groups excluding carboxylic acids is 1. The Morgan fingerprint density at radius 1 is 1.15 bits per heavy atom. The van der Waals surface area contributed by atoms with Gasteiger partial charge in [-0.3, -0.25) is 19.5 Å². The van der Waals surface area contributed by atoms with Gasteiger partial charge in [-0.1, -0.05) is 30.3 Å². The van der Waals surface area contributed by atoms with Gasteiger partial charge in [-0.15, -0.1) is 0 Å². The maximum absolute atomic E-state index is 12.6. The number of nitro groups is 1. The lowest BCUT2D eigenvalue weighted by Gasteiger charge is -2.09. The minimum absolute atomic E-state index is 0.0292. The first-order valence-electron chi connectivity index (χ1n) is 7.64. The van der Waals surface area contributed by atoms with E-state index in [9.17, 15) is 24.8 Å². The van der Waals surface area contributed by atoms with Crippen molar-refractivity contribution in [3.05, 3.63) is 69.9 Å². The summed E-state index contributed by atoms with van der Waals surface area (Å²) in [6, 6.07) is 12.4. The summed E-state index contributed by atoms with van der Waals surface area (Å²) < 4.78 is 6.59. The molecule has 1 aromatic heterocycles. The molecule has 0 fully saturated rings. The van der Waals surface area contributed by atoms with Crippen LogP contribution in [0, 0.1) is 17.0 Å². The van der Waals surface area contributed by atoms with Gasteiger partial charge in [-0.05, 0) is 19.1 Å². The number of nitro benzene ring substituents is 1. The van der Waals surface area contributed by atoms with Crippen molar-refractivity contribution in [2.75, 3.05) is 6.61 Å². The Labute approximate surface area is 147 Å². The standard InChI is InChI=1S/C18H14N2O6/c1-11-17(18(22)23)12-6-2-3-7-13(12)19(11)16(21)10-26-15-9-5-4-8-14(15)20(24)25/h2-9H,10H2,1H3,(H,22,23). The second-order valence-corrected chi connectivity index (χ2v) is 5.53. The molecule has 0 saturated carbocycles. The molecule has 0 unspecified atom stereocenters. The van der Waals surface area contributed by atoms with Gasteiger partial charge in [0.25, 0.3) is 5.91 Å². The van der Waals surface area contributed by atoms with Gasteiger partial charge < -0.3 is 9.84 Å². The molecule has 132 valence electrons. The molecule has 0 saturated heterocycles.